The van der Waals surface area contributed by atoms with Crippen LogP contribution in [0.5, 0.6) is 0 Å². The molecule has 0 amide bonds. The van der Waals surface area contributed by atoms with E-state index < -0.39 is 6.04 Å². The van der Waals surface area contributed by atoms with Crippen molar-refractivity contribution in [2.24, 2.45) is 5.18 Å². The molecule has 2 aromatic heterocycles. The summed E-state index contributed by atoms with van der Waals surface area (Å²) in [7, 11) is 0. The van der Waals surface area contributed by atoms with E-state index in [1.54, 1.807) is 4.57 Å². The van der Waals surface area contributed by atoms with E-state index >= 15 is 0 Å². The topological polar surface area (TPSA) is 64.3 Å². The Morgan fingerprint density at radius 1 is 1.30 bits per heavy atom. The molecule has 2 aliphatic rings. The Balaban J connectivity index is 1.86. The third kappa shape index (κ3) is 2.39. The highest BCUT2D eigenvalue weighted by atomic mass is 19.1. The lowest BCUT2D eigenvalue weighted by Gasteiger charge is -2.21. The summed E-state index contributed by atoms with van der Waals surface area (Å²) in [5, 5.41) is 4.20. The van der Waals surface area contributed by atoms with Gasteiger partial charge >= 0.3 is 0 Å². The van der Waals surface area contributed by atoms with Gasteiger partial charge in [-0.25, -0.2) is 9.37 Å². The molecule has 5 nitrogen and oxygen atoms in total. The Morgan fingerprint density at radius 3 is 2.77 bits per heavy atom. The van der Waals surface area contributed by atoms with Crippen LogP contribution in [0.2, 0.25) is 0 Å². The van der Waals surface area contributed by atoms with Crippen molar-refractivity contribution in [1.29, 1.82) is 0 Å². The summed E-state index contributed by atoms with van der Waals surface area (Å²) in [4.78, 5) is 29.5. The van der Waals surface area contributed by atoms with E-state index in [0.717, 1.165) is 35.8 Å². The third-order valence-electron chi connectivity index (χ3n) is 6.67. The van der Waals surface area contributed by atoms with Crippen molar-refractivity contribution in [3.05, 3.63) is 79.2 Å². The first kappa shape index (κ1) is 18.9. The second kappa shape index (κ2) is 6.69. The van der Waals surface area contributed by atoms with Crippen molar-refractivity contribution in [1.82, 2.24) is 9.55 Å². The fourth-order valence-electron chi connectivity index (χ4n) is 5.17. The van der Waals surface area contributed by atoms with Crippen LogP contribution in [0.15, 0.2) is 34.8 Å². The van der Waals surface area contributed by atoms with Gasteiger partial charge in [0.1, 0.15) is 11.9 Å². The lowest BCUT2D eigenvalue weighted by molar-refractivity contribution is 0.615. The molecular formula is C24H22FN3O2. The van der Waals surface area contributed by atoms with Crippen LogP contribution in [0.3, 0.4) is 0 Å². The van der Waals surface area contributed by atoms with Gasteiger partial charge in [0.15, 0.2) is 0 Å². The molecule has 1 unspecified atom stereocenters. The van der Waals surface area contributed by atoms with Crippen LogP contribution < -0.4 is 5.56 Å². The van der Waals surface area contributed by atoms with Crippen LogP contribution in [-0.2, 0) is 25.8 Å². The van der Waals surface area contributed by atoms with Crippen molar-refractivity contribution in [2.75, 3.05) is 0 Å². The summed E-state index contributed by atoms with van der Waals surface area (Å²) in [5.41, 5.74) is 7.01. The number of halogens is 1. The average Bonchev–Trinajstić information content (AvgIpc) is 3.12. The smallest absolute Gasteiger partial charge is 0.254 e. The van der Waals surface area contributed by atoms with Gasteiger partial charge in [0.2, 0.25) is 0 Å². The van der Waals surface area contributed by atoms with Gasteiger partial charge in [0, 0.05) is 22.6 Å². The predicted octanol–water partition coefficient (Wildman–Crippen LogP) is 4.92. The van der Waals surface area contributed by atoms with E-state index in [2.05, 4.69) is 11.8 Å². The van der Waals surface area contributed by atoms with Gasteiger partial charge in [-0.2, -0.15) is 0 Å². The minimum atomic E-state index is -0.784. The molecule has 152 valence electrons. The summed E-state index contributed by atoms with van der Waals surface area (Å²) < 4.78 is 16.3. The zero-order chi connectivity index (χ0) is 21.2. The molecule has 1 aromatic carbocycles. The molecule has 0 saturated carbocycles. The van der Waals surface area contributed by atoms with Crippen molar-refractivity contribution in [2.45, 2.75) is 52.1 Å². The number of aryl methyl sites for hydroxylation is 2. The van der Waals surface area contributed by atoms with Gasteiger partial charge in [0.25, 0.3) is 5.56 Å². The average molecular weight is 403 g/mol. The Kier molecular flexibility index (Phi) is 4.20. The molecular weight excluding hydrogens is 381 g/mol. The molecule has 0 radical (unpaired) electrons. The molecule has 0 bridgehead atoms. The molecule has 1 aliphatic carbocycles. The molecule has 3 aromatic rings. The molecule has 0 spiro atoms. The van der Waals surface area contributed by atoms with Crippen molar-refractivity contribution in [3.8, 4) is 11.4 Å². The van der Waals surface area contributed by atoms with Crippen molar-refractivity contribution < 1.29 is 4.39 Å². The van der Waals surface area contributed by atoms with Gasteiger partial charge in [-0.05, 0) is 60.9 Å². The predicted molar refractivity (Wildman–Crippen MR) is 115 cm³/mol. The summed E-state index contributed by atoms with van der Waals surface area (Å²) >= 11 is 0. The minimum absolute atomic E-state index is 0.117. The van der Waals surface area contributed by atoms with E-state index in [1.807, 2.05) is 19.9 Å². The maximum atomic E-state index is 14.6. The van der Waals surface area contributed by atoms with E-state index in [0.29, 0.717) is 46.6 Å². The number of rotatable bonds is 4. The van der Waals surface area contributed by atoms with Gasteiger partial charge < -0.3 is 4.57 Å². The highest BCUT2D eigenvalue weighted by molar-refractivity contribution is 5.92. The Labute approximate surface area is 173 Å². The summed E-state index contributed by atoms with van der Waals surface area (Å²) in [5.74, 6) is -0.243. The van der Waals surface area contributed by atoms with E-state index in [9.17, 15) is 14.1 Å². The lowest BCUT2D eigenvalue weighted by atomic mass is 9.85. The Morgan fingerprint density at radius 2 is 2.07 bits per heavy atom. The minimum Gasteiger partial charge on any atom is -0.302 e. The van der Waals surface area contributed by atoms with Crippen LogP contribution in [0, 0.1) is 17.6 Å². The molecule has 0 fully saturated rings. The first-order valence-electron chi connectivity index (χ1n) is 10.4. The van der Waals surface area contributed by atoms with E-state index in [4.69, 9.17) is 4.98 Å². The quantitative estimate of drug-likeness (QED) is 0.359. The SMILES string of the molecule is C=CC(N=O)c1cc2n(c(=O)c1CC)Cc1c-2nc2cc(F)c(C)c3c2c1CCC3. The molecule has 1 atom stereocenters. The first-order chi connectivity index (χ1) is 14.5. The number of fused-ring (bicyclic) bond motifs is 4. The number of pyridine rings is 2. The summed E-state index contributed by atoms with van der Waals surface area (Å²) in [6, 6.07) is 2.57. The fourth-order valence-corrected chi connectivity index (χ4v) is 5.17. The number of benzene rings is 1. The van der Waals surface area contributed by atoms with Crippen molar-refractivity contribution >= 4 is 10.9 Å². The van der Waals surface area contributed by atoms with Crippen LogP contribution >= 0.6 is 0 Å². The van der Waals surface area contributed by atoms with Gasteiger partial charge in [0.05, 0.1) is 23.4 Å². The normalized spacial score (nSPS) is 15.0. The Bertz CT molecular complexity index is 1310. The van der Waals surface area contributed by atoms with E-state index in [-0.39, 0.29) is 11.4 Å². The maximum Gasteiger partial charge on any atom is 0.254 e. The molecule has 6 heteroatoms. The number of nitrogens with zero attached hydrogens (tertiary/aromatic N) is 3. The fraction of sp³-hybridized carbons (Fsp3) is 0.333. The monoisotopic (exact) mass is 403 g/mol. The standard InChI is InChI=1S/C24H22FN3O2/c1-4-13-16(19(5-2)27-30)9-21-23-17(11-28(21)24(13)29)15-8-6-7-14-12(3)18(25)10-20(26-23)22(14)15/h5,9-10,19H,2,4,6-8,11H2,1,3H3. The largest absolute Gasteiger partial charge is 0.302 e. The highest BCUT2D eigenvalue weighted by Crippen LogP contribution is 2.41. The maximum absolute atomic E-state index is 14.6. The highest BCUT2D eigenvalue weighted by Gasteiger charge is 2.31. The summed E-state index contributed by atoms with van der Waals surface area (Å²) in [6.45, 7) is 7.88. The van der Waals surface area contributed by atoms with Gasteiger partial charge in [-0.15, -0.1) is 11.5 Å². The van der Waals surface area contributed by atoms with Crippen LogP contribution in [-0.4, -0.2) is 9.55 Å². The molecule has 30 heavy (non-hydrogen) atoms. The number of hydrogen-bond donors (Lipinski definition) is 0. The Hall–Kier alpha value is -3.15. The molecule has 0 N–H and O–H groups in total. The number of nitroso groups, excluding NO2 is 1. The number of hydrogen-bond acceptors (Lipinski definition) is 4. The third-order valence-corrected chi connectivity index (χ3v) is 6.67. The zero-order valence-electron chi connectivity index (χ0n) is 17.1. The van der Waals surface area contributed by atoms with E-state index in [1.165, 1.54) is 17.7 Å². The lowest BCUT2D eigenvalue weighted by Crippen LogP contribution is -2.25. The van der Waals surface area contributed by atoms with Crippen LogP contribution in [0.1, 0.15) is 52.8 Å². The zero-order valence-corrected chi connectivity index (χ0v) is 17.1. The molecule has 1 aliphatic heterocycles. The van der Waals surface area contributed by atoms with Crippen LogP contribution in [0.25, 0.3) is 22.3 Å². The van der Waals surface area contributed by atoms with Crippen molar-refractivity contribution in [3.63, 3.8) is 0 Å². The second-order valence-corrected chi connectivity index (χ2v) is 8.12. The van der Waals surface area contributed by atoms with Crippen LogP contribution in [0.4, 0.5) is 4.39 Å². The van der Waals surface area contributed by atoms with Gasteiger partial charge in [-0.3, -0.25) is 4.79 Å². The molecule has 0 saturated heterocycles. The first-order valence-corrected chi connectivity index (χ1v) is 10.4. The molecule has 3 heterocycles. The molecule has 5 rings (SSSR count). The number of aromatic nitrogens is 2. The van der Waals surface area contributed by atoms with Gasteiger partial charge in [-0.1, -0.05) is 18.2 Å². The second-order valence-electron chi connectivity index (χ2n) is 8.12. The summed E-state index contributed by atoms with van der Waals surface area (Å²) in [6.07, 6.45) is 4.64.